The fourth-order valence-electron chi connectivity index (χ4n) is 2.72. The van der Waals surface area contributed by atoms with Crippen molar-refractivity contribution in [3.8, 4) is 23.0 Å². The molecule has 0 heterocycles. The van der Waals surface area contributed by atoms with Gasteiger partial charge in [0, 0.05) is 18.6 Å². The number of methoxy groups -OCH3 is 4. The van der Waals surface area contributed by atoms with E-state index in [0.717, 1.165) is 5.56 Å². The van der Waals surface area contributed by atoms with Crippen molar-refractivity contribution < 1.29 is 23.7 Å². The predicted molar refractivity (Wildman–Crippen MR) is 101 cm³/mol. The molecule has 2 aromatic rings. The number of amides is 1. The first-order valence-electron chi connectivity index (χ1n) is 8.26. The Morgan fingerprint density at radius 2 is 1.46 bits per heavy atom. The number of benzene rings is 2. The predicted octanol–water partition coefficient (Wildman–Crippen LogP) is 3.85. The van der Waals surface area contributed by atoms with E-state index in [0.29, 0.717) is 35.1 Å². The molecule has 0 radical (unpaired) electrons. The first kappa shape index (κ1) is 19.4. The van der Waals surface area contributed by atoms with Gasteiger partial charge in [-0.05, 0) is 29.7 Å². The maximum Gasteiger partial charge on any atom is 0.225 e. The summed E-state index contributed by atoms with van der Waals surface area (Å²) in [6.07, 6.45) is 0.303. The quantitative estimate of drug-likeness (QED) is 0.775. The first-order chi connectivity index (χ1) is 12.5. The molecular formula is C20H25NO5. The number of carbonyl (C=O) groups is 1. The van der Waals surface area contributed by atoms with Crippen LogP contribution in [0.25, 0.3) is 0 Å². The van der Waals surface area contributed by atoms with Gasteiger partial charge in [-0.2, -0.15) is 0 Å². The molecule has 26 heavy (non-hydrogen) atoms. The second-order valence-electron chi connectivity index (χ2n) is 5.83. The Bertz CT molecular complexity index is 760. The van der Waals surface area contributed by atoms with Crippen molar-refractivity contribution in [1.29, 1.82) is 0 Å². The third-order valence-corrected chi connectivity index (χ3v) is 4.15. The summed E-state index contributed by atoms with van der Waals surface area (Å²) in [4.78, 5) is 12.5. The molecular weight excluding hydrogens is 334 g/mol. The molecule has 0 bridgehead atoms. The molecule has 6 nitrogen and oxygen atoms in total. The molecule has 0 saturated heterocycles. The molecule has 6 heteroatoms. The highest BCUT2D eigenvalue weighted by Crippen LogP contribution is 2.33. The van der Waals surface area contributed by atoms with Gasteiger partial charge in [0.25, 0.3) is 0 Å². The summed E-state index contributed by atoms with van der Waals surface area (Å²) in [6.45, 7) is 1.98. The minimum Gasteiger partial charge on any atom is -0.497 e. The van der Waals surface area contributed by atoms with Crippen molar-refractivity contribution in [1.82, 2.24) is 0 Å². The van der Waals surface area contributed by atoms with E-state index in [1.54, 1.807) is 46.6 Å². The van der Waals surface area contributed by atoms with Gasteiger partial charge < -0.3 is 24.3 Å². The summed E-state index contributed by atoms with van der Waals surface area (Å²) >= 11 is 0. The van der Waals surface area contributed by atoms with Crippen molar-refractivity contribution in [2.45, 2.75) is 19.3 Å². The molecule has 1 amide bonds. The van der Waals surface area contributed by atoms with Crippen LogP contribution >= 0.6 is 0 Å². The van der Waals surface area contributed by atoms with Gasteiger partial charge in [0.15, 0.2) is 0 Å². The zero-order valence-corrected chi connectivity index (χ0v) is 15.8. The molecule has 0 saturated carbocycles. The van der Waals surface area contributed by atoms with Crippen LogP contribution in [0.3, 0.4) is 0 Å². The van der Waals surface area contributed by atoms with E-state index in [9.17, 15) is 4.79 Å². The molecule has 0 aliphatic heterocycles. The number of rotatable bonds is 8. The fraction of sp³-hybridized carbons (Fsp3) is 0.350. The number of ether oxygens (including phenoxy) is 4. The molecule has 140 valence electrons. The lowest BCUT2D eigenvalue weighted by Crippen LogP contribution is -2.15. The third-order valence-electron chi connectivity index (χ3n) is 4.15. The Balaban J connectivity index is 2.10. The molecule has 0 aliphatic rings. The van der Waals surface area contributed by atoms with Gasteiger partial charge in [0.05, 0.1) is 34.1 Å². The van der Waals surface area contributed by atoms with Crippen LogP contribution in [-0.2, 0) is 4.79 Å². The monoisotopic (exact) mass is 359 g/mol. The standard InChI is InChI=1S/C20H25NO5/c1-13(16-8-6-14(23-2)11-18(16)25-4)10-20(22)21-17-9-7-15(24-3)12-19(17)26-5/h6-9,11-13H,10H2,1-5H3,(H,21,22). The van der Waals surface area contributed by atoms with Crippen molar-refractivity contribution in [2.75, 3.05) is 33.8 Å². The number of hydrogen-bond donors (Lipinski definition) is 1. The molecule has 1 atom stereocenters. The van der Waals surface area contributed by atoms with Gasteiger partial charge in [0.1, 0.15) is 23.0 Å². The van der Waals surface area contributed by atoms with E-state index in [2.05, 4.69) is 5.32 Å². The Labute approximate surface area is 154 Å². The number of carbonyl (C=O) groups excluding carboxylic acids is 1. The van der Waals surface area contributed by atoms with Crippen molar-refractivity contribution >= 4 is 11.6 Å². The highest BCUT2D eigenvalue weighted by Gasteiger charge is 2.17. The minimum absolute atomic E-state index is 0.0277. The average molecular weight is 359 g/mol. The number of nitrogens with one attached hydrogen (secondary N) is 1. The Hall–Kier alpha value is -2.89. The molecule has 0 fully saturated rings. The summed E-state index contributed by atoms with van der Waals surface area (Å²) in [5.74, 6) is 2.49. The van der Waals surface area contributed by atoms with Crippen LogP contribution in [0.15, 0.2) is 36.4 Å². The van der Waals surface area contributed by atoms with Crippen molar-refractivity contribution in [3.63, 3.8) is 0 Å². The van der Waals surface area contributed by atoms with Gasteiger partial charge in [-0.15, -0.1) is 0 Å². The van der Waals surface area contributed by atoms with Crippen LogP contribution in [0.2, 0.25) is 0 Å². The minimum atomic E-state index is -0.112. The number of anilines is 1. The summed E-state index contributed by atoms with van der Waals surface area (Å²) in [7, 11) is 6.34. The summed E-state index contributed by atoms with van der Waals surface area (Å²) in [6, 6.07) is 10.9. The van der Waals surface area contributed by atoms with Gasteiger partial charge in [-0.25, -0.2) is 0 Å². The van der Waals surface area contributed by atoms with E-state index >= 15 is 0 Å². The average Bonchev–Trinajstić information content (AvgIpc) is 2.67. The van der Waals surface area contributed by atoms with Crippen LogP contribution < -0.4 is 24.3 Å². The zero-order valence-electron chi connectivity index (χ0n) is 15.8. The third kappa shape index (κ3) is 4.59. The van der Waals surface area contributed by atoms with Crippen LogP contribution in [0, 0.1) is 0 Å². The Kier molecular flexibility index (Phi) is 6.72. The topological polar surface area (TPSA) is 66.0 Å². The largest absolute Gasteiger partial charge is 0.497 e. The SMILES string of the molecule is COc1ccc(NC(=O)CC(C)c2ccc(OC)cc2OC)c(OC)c1. The smallest absolute Gasteiger partial charge is 0.225 e. The molecule has 1 unspecified atom stereocenters. The lowest BCUT2D eigenvalue weighted by Gasteiger charge is -2.17. The maximum atomic E-state index is 12.5. The van der Waals surface area contributed by atoms with Gasteiger partial charge in [0.2, 0.25) is 5.91 Å². The summed E-state index contributed by atoms with van der Waals surface area (Å²) in [5.41, 5.74) is 1.55. The van der Waals surface area contributed by atoms with Gasteiger partial charge in [-0.1, -0.05) is 13.0 Å². The second kappa shape index (κ2) is 8.99. The van der Waals surface area contributed by atoms with E-state index in [-0.39, 0.29) is 11.8 Å². The van der Waals surface area contributed by atoms with Crippen molar-refractivity contribution in [3.05, 3.63) is 42.0 Å². The van der Waals surface area contributed by atoms with Crippen LogP contribution in [0.1, 0.15) is 24.8 Å². The lowest BCUT2D eigenvalue weighted by atomic mass is 9.96. The molecule has 2 rings (SSSR count). The van der Waals surface area contributed by atoms with Crippen LogP contribution in [0.5, 0.6) is 23.0 Å². The molecule has 0 aliphatic carbocycles. The molecule has 2 aromatic carbocycles. The van der Waals surface area contributed by atoms with Gasteiger partial charge >= 0.3 is 0 Å². The van der Waals surface area contributed by atoms with E-state index in [1.165, 1.54) is 0 Å². The van der Waals surface area contributed by atoms with E-state index in [4.69, 9.17) is 18.9 Å². The van der Waals surface area contributed by atoms with Gasteiger partial charge in [-0.3, -0.25) is 4.79 Å². The molecule has 1 N–H and O–H groups in total. The zero-order chi connectivity index (χ0) is 19.1. The van der Waals surface area contributed by atoms with Crippen LogP contribution in [-0.4, -0.2) is 34.3 Å². The first-order valence-corrected chi connectivity index (χ1v) is 8.26. The second-order valence-corrected chi connectivity index (χ2v) is 5.83. The highest BCUT2D eigenvalue weighted by atomic mass is 16.5. The number of hydrogen-bond acceptors (Lipinski definition) is 5. The van der Waals surface area contributed by atoms with E-state index < -0.39 is 0 Å². The van der Waals surface area contributed by atoms with Crippen LogP contribution in [0.4, 0.5) is 5.69 Å². The Morgan fingerprint density at radius 1 is 0.885 bits per heavy atom. The normalized spacial score (nSPS) is 11.4. The van der Waals surface area contributed by atoms with Crippen molar-refractivity contribution in [2.24, 2.45) is 0 Å². The molecule has 0 aromatic heterocycles. The molecule has 0 spiro atoms. The highest BCUT2D eigenvalue weighted by molar-refractivity contribution is 5.93. The Morgan fingerprint density at radius 3 is 2.04 bits per heavy atom. The summed E-state index contributed by atoms with van der Waals surface area (Å²) in [5, 5.41) is 2.89. The fourth-order valence-corrected chi connectivity index (χ4v) is 2.72. The maximum absolute atomic E-state index is 12.5. The summed E-state index contributed by atoms with van der Waals surface area (Å²) < 4.78 is 21.1. The lowest BCUT2D eigenvalue weighted by molar-refractivity contribution is -0.116. The van der Waals surface area contributed by atoms with E-state index in [1.807, 2.05) is 25.1 Å².